The molecule has 0 radical (unpaired) electrons. The van der Waals surface area contributed by atoms with Gasteiger partial charge in [0.1, 0.15) is 11.5 Å². The quantitative estimate of drug-likeness (QED) is 0.303. The molecule has 10 heteroatoms. The van der Waals surface area contributed by atoms with Crippen LogP contribution < -0.4 is 14.8 Å². The Morgan fingerprint density at radius 2 is 1.68 bits per heavy atom. The largest absolute Gasteiger partial charge is 0.497 e. The van der Waals surface area contributed by atoms with Gasteiger partial charge in [0.2, 0.25) is 10.0 Å². The number of rotatable bonds is 10. The van der Waals surface area contributed by atoms with Crippen LogP contribution in [0, 0.1) is 6.92 Å². The summed E-state index contributed by atoms with van der Waals surface area (Å²) in [6.07, 6.45) is 2.01. The van der Waals surface area contributed by atoms with E-state index in [0.29, 0.717) is 49.9 Å². The lowest BCUT2D eigenvalue weighted by molar-refractivity contribution is 0.0730. The van der Waals surface area contributed by atoms with E-state index in [1.165, 1.54) is 4.31 Å². The van der Waals surface area contributed by atoms with Crippen LogP contribution in [-0.4, -0.2) is 63.0 Å². The first-order valence-corrected chi connectivity index (χ1v) is 14.6. The van der Waals surface area contributed by atoms with Crippen LogP contribution in [0.25, 0.3) is 11.3 Å². The number of anilines is 1. The minimum Gasteiger partial charge on any atom is -0.497 e. The number of morpholine rings is 1. The second kappa shape index (κ2) is 12.1. The number of hydrogen-bond acceptors (Lipinski definition) is 7. The Hall–Kier alpha value is -3.86. The molecule has 4 aromatic rings. The topological polar surface area (TPSA) is 94.9 Å². The number of sulfonamides is 1. The van der Waals surface area contributed by atoms with Gasteiger partial charge in [0, 0.05) is 42.6 Å². The van der Waals surface area contributed by atoms with Crippen LogP contribution in [-0.2, 0) is 27.8 Å². The second-order valence-electron chi connectivity index (χ2n) is 9.63. The molecule has 0 unspecified atom stereocenters. The molecule has 40 heavy (non-hydrogen) atoms. The third kappa shape index (κ3) is 6.14. The van der Waals surface area contributed by atoms with Crippen LogP contribution in [0.4, 0.5) is 5.69 Å². The fourth-order valence-electron chi connectivity index (χ4n) is 4.76. The van der Waals surface area contributed by atoms with E-state index < -0.39 is 10.0 Å². The van der Waals surface area contributed by atoms with Gasteiger partial charge in [-0.05, 0) is 54.4 Å². The Morgan fingerprint density at radius 3 is 2.42 bits per heavy atom. The van der Waals surface area contributed by atoms with E-state index in [-0.39, 0.29) is 0 Å². The van der Waals surface area contributed by atoms with Crippen molar-refractivity contribution in [3.05, 3.63) is 89.6 Å². The highest BCUT2D eigenvalue weighted by molar-refractivity contribution is 7.89. The van der Waals surface area contributed by atoms with Crippen molar-refractivity contribution in [2.75, 3.05) is 45.8 Å². The van der Waals surface area contributed by atoms with Crippen LogP contribution in [0.3, 0.4) is 0 Å². The Bertz CT molecular complexity index is 1580. The van der Waals surface area contributed by atoms with E-state index in [9.17, 15) is 8.42 Å². The van der Waals surface area contributed by atoms with E-state index in [0.717, 1.165) is 39.6 Å². The lowest BCUT2D eigenvalue weighted by atomic mass is 10.1. The fourth-order valence-corrected chi connectivity index (χ4v) is 6.41. The van der Waals surface area contributed by atoms with Crippen LogP contribution in [0.5, 0.6) is 11.5 Å². The van der Waals surface area contributed by atoms with E-state index in [2.05, 4.69) is 5.32 Å². The molecular formula is C30H34N4O5S. The molecule has 1 N–H and O–H groups in total. The van der Waals surface area contributed by atoms with E-state index >= 15 is 0 Å². The minimum atomic E-state index is -3.62. The van der Waals surface area contributed by atoms with Crippen molar-refractivity contribution < 1.29 is 22.6 Å². The summed E-state index contributed by atoms with van der Waals surface area (Å²) in [7, 11) is -0.326. The number of nitrogens with one attached hydrogen (secondary N) is 1. The van der Waals surface area contributed by atoms with Gasteiger partial charge in [0.15, 0.2) is 0 Å². The van der Waals surface area contributed by atoms with Gasteiger partial charge in [-0.1, -0.05) is 30.3 Å². The Kier molecular flexibility index (Phi) is 8.39. The van der Waals surface area contributed by atoms with Crippen molar-refractivity contribution in [3.8, 4) is 22.8 Å². The smallest absolute Gasteiger partial charge is 0.243 e. The van der Waals surface area contributed by atoms with E-state index in [1.54, 1.807) is 20.3 Å². The number of benzene rings is 3. The van der Waals surface area contributed by atoms with Crippen LogP contribution in [0.2, 0.25) is 0 Å². The number of aryl methyl sites for hydroxylation is 1. The first-order valence-electron chi connectivity index (χ1n) is 13.1. The summed E-state index contributed by atoms with van der Waals surface area (Å²) in [4.78, 5) is 0.307. The molecule has 0 atom stereocenters. The number of aromatic nitrogens is 2. The Labute approximate surface area is 235 Å². The van der Waals surface area contributed by atoms with Crippen LogP contribution in [0.1, 0.15) is 16.7 Å². The summed E-state index contributed by atoms with van der Waals surface area (Å²) < 4.78 is 46.3. The molecule has 3 aromatic carbocycles. The average molecular weight is 563 g/mol. The predicted molar refractivity (Wildman–Crippen MR) is 154 cm³/mol. The molecule has 1 aromatic heterocycles. The Morgan fingerprint density at radius 1 is 0.950 bits per heavy atom. The van der Waals surface area contributed by atoms with Gasteiger partial charge in [-0.2, -0.15) is 9.40 Å². The third-order valence-corrected chi connectivity index (χ3v) is 8.96. The predicted octanol–water partition coefficient (Wildman–Crippen LogP) is 4.56. The van der Waals surface area contributed by atoms with Gasteiger partial charge in [0.25, 0.3) is 0 Å². The minimum absolute atomic E-state index is 0.307. The summed E-state index contributed by atoms with van der Waals surface area (Å²) in [5.41, 5.74) is 5.21. The zero-order valence-corrected chi connectivity index (χ0v) is 23.8. The molecule has 9 nitrogen and oxygen atoms in total. The summed E-state index contributed by atoms with van der Waals surface area (Å²) in [6.45, 7) is 4.36. The van der Waals surface area contributed by atoms with Crippen molar-refractivity contribution in [3.63, 3.8) is 0 Å². The van der Waals surface area contributed by atoms with Gasteiger partial charge in [0.05, 0.1) is 44.6 Å². The molecule has 1 aliphatic heterocycles. The molecule has 0 saturated carbocycles. The van der Waals surface area contributed by atoms with Crippen molar-refractivity contribution in [2.45, 2.75) is 24.9 Å². The first-order chi connectivity index (χ1) is 19.4. The zero-order chi connectivity index (χ0) is 28.1. The standard InChI is InChI=1S/C30H34N4O5S/c1-22-10-11-26(18-29(22)40(35,36)34-12-14-39-15-13-34)31-19-25-21-33(20-23-6-4-8-27(16-23)37-2)32-30(25)24-7-5-9-28(17-24)38-3/h4-11,16-18,21,31H,12-15,19-20H2,1-3H3. The van der Waals surface area contributed by atoms with Crippen LogP contribution >= 0.6 is 0 Å². The molecule has 0 amide bonds. The normalized spacial score (nSPS) is 14.2. The number of ether oxygens (including phenoxy) is 3. The molecule has 0 bridgehead atoms. The van der Waals surface area contributed by atoms with Gasteiger partial charge in [-0.3, -0.25) is 4.68 Å². The van der Waals surface area contributed by atoms with E-state index in [1.807, 2.05) is 78.5 Å². The summed E-state index contributed by atoms with van der Waals surface area (Å²) >= 11 is 0. The summed E-state index contributed by atoms with van der Waals surface area (Å²) in [6, 6.07) is 21.2. The highest BCUT2D eigenvalue weighted by Crippen LogP contribution is 2.29. The zero-order valence-electron chi connectivity index (χ0n) is 23.0. The monoisotopic (exact) mass is 562 g/mol. The molecule has 5 rings (SSSR count). The lowest BCUT2D eigenvalue weighted by Crippen LogP contribution is -2.40. The molecule has 1 saturated heterocycles. The van der Waals surface area contributed by atoms with Crippen molar-refractivity contribution in [2.24, 2.45) is 0 Å². The maximum atomic E-state index is 13.4. The number of methoxy groups -OCH3 is 2. The molecule has 0 aliphatic carbocycles. The summed E-state index contributed by atoms with van der Waals surface area (Å²) in [5.74, 6) is 1.54. The third-order valence-electron chi connectivity index (χ3n) is 6.92. The SMILES string of the molecule is COc1cccc(Cn2cc(CNc3ccc(C)c(S(=O)(=O)N4CCOCC4)c3)c(-c3cccc(OC)c3)n2)c1. The molecule has 0 spiro atoms. The molecule has 210 valence electrons. The van der Waals surface area contributed by atoms with Crippen molar-refractivity contribution >= 4 is 15.7 Å². The fraction of sp³-hybridized carbons (Fsp3) is 0.300. The maximum Gasteiger partial charge on any atom is 0.243 e. The van der Waals surface area contributed by atoms with Gasteiger partial charge in [-0.15, -0.1) is 0 Å². The Balaban J connectivity index is 1.43. The van der Waals surface area contributed by atoms with Crippen molar-refractivity contribution in [1.29, 1.82) is 0 Å². The average Bonchev–Trinajstić information content (AvgIpc) is 3.39. The number of hydrogen-bond donors (Lipinski definition) is 1. The van der Waals surface area contributed by atoms with Crippen molar-refractivity contribution in [1.82, 2.24) is 14.1 Å². The molecular weight excluding hydrogens is 528 g/mol. The highest BCUT2D eigenvalue weighted by Gasteiger charge is 2.28. The highest BCUT2D eigenvalue weighted by atomic mass is 32.2. The molecule has 1 fully saturated rings. The second-order valence-corrected chi connectivity index (χ2v) is 11.5. The number of nitrogens with zero attached hydrogens (tertiary/aromatic N) is 3. The lowest BCUT2D eigenvalue weighted by Gasteiger charge is -2.27. The molecule has 1 aliphatic rings. The van der Waals surface area contributed by atoms with Gasteiger partial charge < -0.3 is 19.5 Å². The maximum absolute atomic E-state index is 13.4. The van der Waals surface area contributed by atoms with E-state index in [4.69, 9.17) is 19.3 Å². The first kappa shape index (κ1) is 27.7. The van der Waals surface area contributed by atoms with Gasteiger partial charge in [-0.25, -0.2) is 8.42 Å². The van der Waals surface area contributed by atoms with Gasteiger partial charge >= 0.3 is 0 Å². The molecule has 2 heterocycles. The van der Waals surface area contributed by atoms with Crippen LogP contribution in [0.15, 0.2) is 77.8 Å². The summed E-state index contributed by atoms with van der Waals surface area (Å²) in [5, 5.41) is 8.34.